The highest BCUT2D eigenvalue weighted by molar-refractivity contribution is 6.62. The van der Waals surface area contributed by atoms with Crippen molar-refractivity contribution in [1.82, 2.24) is 0 Å². The molecule has 1 saturated carbocycles. The third kappa shape index (κ3) is 4.41. The Morgan fingerprint density at radius 3 is 2.32 bits per heavy atom. The Bertz CT molecular complexity index is 297. The molecule has 0 spiro atoms. The van der Waals surface area contributed by atoms with Crippen molar-refractivity contribution in [2.24, 2.45) is 0 Å². The highest BCUT2D eigenvalue weighted by Gasteiger charge is 2.49. The Kier molecular flexibility index (Phi) is 6.71. The minimum atomic E-state index is -2.80. The van der Waals surface area contributed by atoms with Gasteiger partial charge in [-0.2, -0.15) is 0 Å². The Morgan fingerprint density at radius 2 is 1.84 bits per heavy atom. The van der Waals surface area contributed by atoms with E-state index in [1.807, 2.05) is 0 Å². The minimum absolute atomic E-state index is 0.279. The summed E-state index contributed by atoms with van der Waals surface area (Å²) in [6.45, 7) is 5.03. The summed E-state index contributed by atoms with van der Waals surface area (Å²) in [4.78, 5) is 11.2. The molecule has 1 aliphatic rings. The number of ether oxygens (including phenoxy) is 1. The molecule has 0 radical (unpaired) electrons. The molecule has 0 saturated heterocycles. The molecule has 0 aliphatic heterocycles. The molecule has 5 nitrogen and oxygen atoms in total. The number of esters is 1. The lowest BCUT2D eigenvalue weighted by molar-refractivity contribution is -0.161. The molecular formula is C13H24O5Si. The minimum Gasteiger partial charge on any atom is -0.434 e. The van der Waals surface area contributed by atoms with Gasteiger partial charge in [-0.15, -0.1) is 0 Å². The van der Waals surface area contributed by atoms with Gasteiger partial charge >= 0.3 is 14.8 Å². The molecule has 0 aromatic carbocycles. The van der Waals surface area contributed by atoms with Gasteiger partial charge in [-0.25, -0.2) is 4.79 Å². The number of rotatable bonds is 7. The summed E-state index contributed by atoms with van der Waals surface area (Å²) in [6, 6.07) is 0. The molecule has 6 heteroatoms. The second-order valence-corrected chi connectivity index (χ2v) is 7.75. The van der Waals surface area contributed by atoms with Gasteiger partial charge in [0.2, 0.25) is 0 Å². The van der Waals surface area contributed by atoms with Crippen LogP contribution in [0.15, 0.2) is 12.7 Å². The SMILES string of the molecule is C=CC(=O)OC(C)O[Si](OC)(OC)C1CCCCC1. The molecular weight excluding hydrogens is 264 g/mol. The maximum atomic E-state index is 11.2. The molecule has 0 amide bonds. The fraction of sp³-hybridized carbons (Fsp3) is 0.769. The van der Waals surface area contributed by atoms with Crippen LogP contribution in [0.25, 0.3) is 0 Å². The lowest BCUT2D eigenvalue weighted by atomic mass is 10.0. The molecule has 0 aromatic heterocycles. The third-order valence-corrected chi connectivity index (χ3v) is 6.83. The van der Waals surface area contributed by atoms with Gasteiger partial charge < -0.3 is 18.0 Å². The van der Waals surface area contributed by atoms with Crippen molar-refractivity contribution in [2.45, 2.75) is 50.9 Å². The monoisotopic (exact) mass is 288 g/mol. The predicted molar refractivity (Wildman–Crippen MR) is 73.4 cm³/mol. The van der Waals surface area contributed by atoms with Crippen molar-refractivity contribution >= 4 is 14.8 Å². The quantitative estimate of drug-likeness (QED) is 0.312. The zero-order valence-corrected chi connectivity index (χ0v) is 13.0. The summed E-state index contributed by atoms with van der Waals surface area (Å²) in [5.74, 6) is -0.508. The van der Waals surface area contributed by atoms with Gasteiger partial charge in [0.25, 0.3) is 0 Å². The van der Waals surface area contributed by atoms with Crippen LogP contribution in [-0.2, 0) is 22.8 Å². The van der Waals surface area contributed by atoms with Gasteiger partial charge in [0, 0.05) is 25.8 Å². The van der Waals surface area contributed by atoms with Crippen LogP contribution in [0.4, 0.5) is 0 Å². The predicted octanol–water partition coefficient (Wildman–Crippen LogP) is 2.64. The largest absolute Gasteiger partial charge is 0.506 e. The van der Waals surface area contributed by atoms with Crippen molar-refractivity contribution in [2.75, 3.05) is 14.2 Å². The molecule has 0 heterocycles. The number of hydrogen-bond acceptors (Lipinski definition) is 5. The Morgan fingerprint density at radius 1 is 1.26 bits per heavy atom. The van der Waals surface area contributed by atoms with E-state index < -0.39 is 21.1 Å². The van der Waals surface area contributed by atoms with Crippen molar-refractivity contribution < 1.29 is 22.8 Å². The first-order chi connectivity index (χ1) is 9.07. The first-order valence-corrected chi connectivity index (χ1v) is 8.49. The van der Waals surface area contributed by atoms with Crippen molar-refractivity contribution in [3.63, 3.8) is 0 Å². The van der Waals surface area contributed by atoms with Crippen molar-refractivity contribution in [3.8, 4) is 0 Å². The van der Waals surface area contributed by atoms with Crippen LogP contribution in [0.5, 0.6) is 0 Å². The van der Waals surface area contributed by atoms with Crippen LogP contribution in [0.3, 0.4) is 0 Å². The van der Waals surface area contributed by atoms with E-state index in [0.717, 1.165) is 31.8 Å². The maximum absolute atomic E-state index is 11.2. The Labute approximate surface area is 116 Å². The normalized spacial score (nSPS) is 18.9. The van der Waals surface area contributed by atoms with E-state index in [2.05, 4.69) is 6.58 Å². The highest BCUT2D eigenvalue weighted by Crippen LogP contribution is 2.38. The molecule has 110 valence electrons. The van der Waals surface area contributed by atoms with Crippen LogP contribution >= 0.6 is 0 Å². The third-order valence-electron chi connectivity index (χ3n) is 3.45. The topological polar surface area (TPSA) is 54.0 Å². The summed E-state index contributed by atoms with van der Waals surface area (Å²) in [5, 5.41) is 0. The van der Waals surface area contributed by atoms with Gasteiger partial charge in [-0.3, -0.25) is 0 Å². The van der Waals surface area contributed by atoms with Gasteiger partial charge in [0.15, 0.2) is 6.29 Å². The number of hydrogen-bond donors (Lipinski definition) is 0. The van der Waals surface area contributed by atoms with E-state index in [9.17, 15) is 4.79 Å². The first-order valence-electron chi connectivity index (χ1n) is 6.69. The fourth-order valence-corrected chi connectivity index (χ4v) is 5.38. The molecule has 1 unspecified atom stereocenters. The fourth-order valence-electron chi connectivity index (χ4n) is 2.53. The van der Waals surface area contributed by atoms with E-state index >= 15 is 0 Å². The summed E-state index contributed by atoms with van der Waals surface area (Å²) < 4.78 is 22.1. The number of carbonyl (C=O) groups is 1. The summed E-state index contributed by atoms with van der Waals surface area (Å²) >= 11 is 0. The molecule has 0 aromatic rings. The van der Waals surface area contributed by atoms with Crippen LogP contribution in [-0.4, -0.2) is 35.3 Å². The van der Waals surface area contributed by atoms with Crippen LogP contribution in [0.2, 0.25) is 5.54 Å². The first kappa shape index (κ1) is 16.4. The standard InChI is InChI=1S/C13H24O5Si/c1-5-13(14)17-11(2)18-19(15-3,16-4)12-9-7-6-8-10-12/h5,11-12H,1,6-10H2,2-4H3. The smallest absolute Gasteiger partial charge is 0.434 e. The van der Waals surface area contributed by atoms with Gasteiger partial charge in [-0.05, 0) is 19.8 Å². The molecule has 1 atom stereocenters. The second-order valence-electron chi connectivity index (χ2n) is 4.67. The average molecular weight is 288 g/mol. The van der Waals surface area contributed by atoms with Crippen LogP contribution < -0.4 is 0 Å². The van der Waals surface area contributed by atoms with E-state index in [1.165, 1.54) is 6.42 Å². The van der Waals surface area contributed by atoms with Gasteiger partial charge in [0.1, 0.15) is 0 Å². The van der Waals surface area contributed by atoms with Crippen molar-refractivity contribution in [1.29, 1.82) is 0 Å². The summed E-state index contributed by atoms with van der Waals surface area (Å²) in [6.07, 6.45) is 6.07. The molecule has 0 bridgehead atoms. The molecule has 1 rings (SSSR count). The van der Waals surface area contributed by atoms with E-state index in [1.54, 1.807) is 21.1 Å². The van der Waals surface area contributed by atoms with Crippen LogP contribution in [0, 0.1) is 0 Å². The zero-order chi connectivity index (χ0) is 14.3. The maximum Gasteiger partial charge on any atom is 0.506 e. The summed E-state index contributed by atoms with van der Waals surface area (Å²) in [7, 11) is 0.410. The van der Waals surface area contributed by atoms with Crippen LogP contribution in [0.1, 0.15) is 39.0 Å². The highest BCUT2D eigenvalue weighted by atomic mass is 28.4. The van der Waals surface area contributed by atoms with E-state index in [4.69, 9.17) is 18.0 Å². The summed E-state index contributed by atoms with van der Waals surface area (Å²) in [5.41, 5.74) is 0.279. The lowest BCUT2D eigenvalue weighted by Gasteiger charge is -2.37. The van der Waals surface area contributed by atoms with E-state index in [0.29, 0.717) is 0 Å². The van der Waals surface area contributed by atoms with Gasteiger partial charge in [0.05, 0.1) is 0 Å². The Balaban J connectivity index is 2.68. The molecule has 1 fully saturated rings. The number of carbonyl (C=O) groups excluding carboxylic acids is 1. The van der Waals surface area contributed by atoms with Gasteiger partial charge in [-0.1, -0.05) is 25.8 Å². The lowest BCUT2D eigenvalue weighted by Crippen LogP contribution is -2.51. The Hall–Kier alpha value is -0.693. The van der Waals surface area contributed by atoms with E-state index in [-0.39, 0.29) is 5.54 Å². The second kappa shape index (κ2) is 7.79. The molecule has 1 aliphatic carbocycles. The molecule has 0 N–H and O–H groups in total. The average Bonchev–Trinajstić information content (AvgIpc) is 2.45. The zero-order valence-electron chi connectivity index (χ0n) is 12.0. The molecule has 19 heavy (non-hydrogen) atoms. The van der Waals surface area contributed by atoms with Crippen molar-refractivity contribution in [3.05, 3.63) is 12.7 Å².